The Labute approximate surface area is 155 Å². The number of carbonyl (C=O) groups excluding carboxylic acids is 1. The number of hydrogen-bond donors (Lipinski definition) is 1. The minimum absolute atomic E-state index is 0.0920. The largest absolute Gasteiger partial charge is 0.338 e. The molecular weight excluding hydrogens is 346 g/mol. The second-order valence-electron chi connectivity index (χ2n) is 6.74. The van der Waals surface area contributed by atoms with Crippen molar-refractivity contribution in [3.63, 3.8) is 0 Å². The number of nitrogens with zero attached hydrogens (tertiary/aromatic N) is 6. The molecule has 1 aliphatic heterocycles. The standard InChI is InChI=1S/C18H21N7O2/c1-23-15(12-25-10-4-8-20-25)21-22-16(23)13-5-3-9-24(11-13)18(27)14-6-2-7-19-17(14)26/h2,4,6-8,10,13H,3,5,9,11-12H2,1H3,(H,19,26)/t13-/m1/s1. The van der Waals surface area contributed by atoms with E-state index in [4.69, 9.17) is 0 Å². The Morgan fingerprint density at radius 2 is 2.22 bits per heavy atom. The zero-order chi connectivity index (χ0) is 18.8. The second-order valence-corrected chi connectivity index (χ2v) is 6.74. The fourth-order valence-corrected chi connectivity index (χ4v) is 3.54. The lowest BCUT2D eigenvalue weighted by Crippen LogP contribution is -2.41. The molecule has 0 spiro atoms. The SMILES string of the molecule is Cn1c(Cn2cccn2)nnc1[C@@H]1CCCN(C(=O)c2ccc[nH]c2=O)C1. The molecule has 4 rings (SSSR count). The summed E-state index contributed by atoms with van der Waals surface area (Å²) in [6, 6.07) is 5.10. The molecule has 0 radical (unpaired) electrons. The molecule has 0 saturated carbocycles. The molecule has 1 saturated heterocycles. The number of piperidine rings is 1. The van der Waals surface area contributed by atoms with E-state index < -0.39 is 0 Å². The van der Waals surface area contributed by atoms with Crippen molar-refractivity contribution in [1.29, 1.82) is 0 Å². The quantitative estimate of drug-likeness (QED) is 0.734. The Hall–Kier alpha value is -3.23. The van der Waals surface area contributed by atoms with Gasteiger partial charge in [-0.15, -0.1) is 10.2 Å². The molecule has 9 heteroatoms. The third kappa shape index (κ3) is 3.40. The fourth-order valence-electron chi connectivity index (χ4n) is 3.54. The van der Waals surface area contributed by atoms with E-state index in [-0.39, 0.29) is 22.9 Å². The summed E-state index contributed by atoms with van der Waals surface area (Å²) >= 11 is 0. The van der Waals surface area contributed by atoms with Crippen molar-refractivity contribution < 1.29 is 4.79 Å². The van der Waals surface area contributed by atoms with Gasteiger partial charge in [0.2, 0.25) is 0 Å². The summed E-state index contributed by atoms with van der Waals surface area (Å²) in [6.45, 7) is 1.72. The van der Waals surface area contributed by atoms with Crippen LogP contribution in [0.5, 0.6) is 0 Å². The lowest BCUT2D eigenvalue weighted by atomic mass is 9.96. The van der Waals surface area contributed by atoms with Crippen molar-refractivity contribution in [2.45, 2.75) is 25.3 Å². The highest BCUT2D eigenvalue weighted by Crippen LogP contribution is 2.26. The summed E-state index contributed by atoms with van der Waals surface area (Å²) in [5, 5.41) is 12.9. The third-order valence-electron chi connectivity index (χ3n) is 4.98. The first-order valence-corrected chi connectivity index (χ1v) is 8.96. The predicted molar refractivity (Wildman–Crippen MR) is 97.3 cm³/mol. The van der Waals surface area contributed by atoms with E-state index in [0.717, 1.165) is 24.5 Å². The normalized spacial score (nSPS) is 17.2. The first-order chi connectivity index (χ1) is 13.1. The maximum atomic E-state index is 12.8. The highest BCUT2D eigenvalue weighted by Gasteiger charge is 2.29. The lowest BCUT2D eigenvalue weighted by Gasteiger charge is -2.32. The van der Waals surface area contributed by atoms with Crippen molar-refractivity contribution in [3.8, 4) is 0 Å². The van der Waals surface area contributed by atoms with Crippen molar-refractivity contribution in [2.75, 3.05) is 13.1 Å². The first kappa shape index (κ1) is 17.2. The Morgan fingerprint density at radius 3 is 3.00 bits per heavy atom. The van der Waals surface area contributed by atoms with E-state index >= 15 is 0 Å². The number of nitrogens with one attached hydrogen (secondary N) is 1. The number of pyridine rings is 1. The Morgan fingerprint density at radius 1 is 1.33 bits per heavy atom. The molecular formula is C18H21N7O2. The minimum atomic E-state index is -0.357. The molecule has 0 aromatic carbocycles. The summed E-state index contributed by atoms with van der Waals surface area (Å²) in [6.07, 6.45) is 6.93. The maximum Gasteiger partial charge on any atom is 0.260 e. The number of aromatic nitrogens is 6. The molecule has 0 aliphatic carbocycles. The van der Waals surface area contributed by atoms with Crippen LogP contribution in [-0.2, 0) is 13.6 Å². The van der Waals surface area contributed by atoms with E-state index in [1.807, 2.05) is 23.9 Å². The van der Waals surface area contributed by atoms with Crippen molar-refractivity contribution in [3.05, 3.63) is 64.4 Å². The number of amides is 1. The lowest BCUT2D eigenvalue weighted by molar-refractivity contribution is 0.0701. The van der Waals surface area contributed by atoms with E-state index in [2.05, 4.69) is 20.3 Å². The van der Waals surface area contributed by atoms with Crippen LogP contribution in [0, 0.1) is 0 Å². The van der Waals surface area contributed by atoms with Gasteiger partial charge in [-0.05, 0) is 31.0 Å². The van der Waals surface area contributed by atoms with Crippen LogP contribution >= 0.6 is 0 Å². The van der Waals surface area contributed by atoms with Crippen LogP contribution in [0.2, 0.25) is 0 Å². The molecule has 3 aromatic heterocycles. The molecule has 27 heavy (non-hydrogen) atoms. The van der Waals surface area contributed by atoms with Gasteiger partial charge >= 0.3 is 0 Å². The molecule has 1 atom stereocenters. The zero-order valence-corrected chi connectivity index (χ0v) is 15.1. The number of rotatable bonds is 4. The van der Waals surface area contributed by atoms with E-state index in [0.29, 0.717) is 19.6 Å². The van der Waals surface area contributed by atoms with Gasteiger partial charge < -0.3 is 14.5 Å². The van der Waals surface area contributed by atoms with Crippen LogP contribution in [0.3, 0.4) is 0 Å². The van der Waals surface area contributed by atoms with Gasteiger partial charge in [0, 0.05) is 44.6 Å². The number of hydrogen-bond acceptors (Lipinski definition) is 5. The highest BCUT2D eigenvalue weighted by atomic mass is 16.2. The van der Waals surface area contributed by atoms with Crippen LogP contribution in [0.15, 0.2) is 41.6 Å². The third-order valence-corrected chi connectivity index (χ3v) is 4.98. The minimum Gasteiger partial charge on any atom is -0.338 e. The zero-order valence-electron chi connectivity index (χ0n) is 15.1. The number of aromatic amines is 1. The van der Waals surface area contributed by atoms with Crippen LogP contribution in [-0.4, -0.2) is 53.4 Å². The Kier molecular flexibility index (Phi) is 4.57. The molecule has 140 valence electrons. The van der Waals surface area contributed by atoms with E-state index in [9.17, 15) is 9.59 Å². The Balaban J connectivity index is 1.52. The summed E-state index contributed by atoms with van der Waals surface area (Å²) in [4.78, 5) is 29.0. The fraction of sp³-hybridized carbons (Fsp3) is 0.389. The highest BCUT2D eigenvalue weighted by molar-refractivity contribution is 5.93. The van der Waals surface area contributed by atoms with Gasteiger partial charge in [-0.3, -0.25) is 14.3 Å². The second kappa shape index (κ2) is 7.18. The molecule has 9 nitrogen and oxygen atoms in total. The molecule has 0 bridgehead atoms. The van der Waals surface area contributed by atoms with Crippen LogP contribution in [0.4, 0.5) is 0 Å². The number of H-pyrrole nitrogens is 1. The average Bonchev–Trinajstić information content (AvgIpc) is 3.32. The van der Waals surface area contributed by atoms with Gasteiger partial charge in [-0.25, -0.2) is 0 Å². The van der Waals surface area contributed by atoms with Crippen molar-refractivity contribution in [1.82, 2.24) is 34.4 Å². The van der Waals surface area contributed by atoms with Gasteiger partial charge in [-0.2, -0.15) is 5.10 Å². The maximum absolute atomic E-state index is 12.8. The number of likely N-dealkylation sites (tertiary alicyclic amines) is 1. The monoisotopic (exact) mass is 367 g/mol. The van der Waals surface area contributed by atoms with Gasteiger partial charge in [0.05, 0.1) is 0 Å². The average molecular weight is 367 g/mol. The molecule has 1 fully saturated rings. The van der Waals surface area contributed by atoms with Crippen molar-refractivity contribution in [2.24, 2.45) is 7.05 Å². The van der Waals surface area contributed by atoms with Gasteiger partial charge in [0.15, 0.2) is 5.82 Å². The van der Waals surface area contributed by atoms with Gasteiger partial charge in [0.1, 0.15) is 17.9 Å². The first-order valence-electron chi connectivity index (χ1n) is 8.96. The smallest absolute Gasteiger partial charge is 0.260 e. The molecule has 1 aliphatic rings. The van der Waals surface area contributed by atoms with Crippen LogP contribution < -0.4 is 5.56 Å². The molecule has 1 amide bonds. The number of carbonyl (C=O) groups is 1. The summed E-state index contributed by atoms with van der Waals surface area (Å²) in [5.74, 6) is 1.53. The van der Waals surface area contributed by atoms with Crippen LogP contribution in [0.1, 0.15) is 40.8 Å². The van der Waals surface area contributed by atoms with E-state index in [1.165, 1.54) is 6.20 Å². The predicted octanol–water partition coefficient (Wildman–Crippen LogP) is 0.768. The van der Waals surface area contributed by atoms with E-state index in [1.54, 1.807) is 27.9 Å². The topological polar surface area (TPSA) is 102 Å². The van der Waals surface area contributed by atoms with Gasteiger partial charge in [-0.1, -0.05) is 0 Å². The van der Waals surface area contributed by atoms with Crippen LogP contribution in [0.25, 0.3) is 0 Å². The summed E-state index contributed by atoms with van der Waals surface area (Å²) in [7, 11) is 1.94. The molecule has 4 heterocycles. The Bertz CT molecular complexity index is 989. The molecule has 0 unspecified atom stereocenters. The van der Waals surface area contributed by atoms with Gasteiger partial charge in [0.25, 0.3) is 11.5 Å². The van der Waals surface area contributed by atoms with Crippen molar-refractivity contribution >= 4 is 5.91 Å². The summed E-state index contributed by atoms with van der Waals surface area (Å²) in [5.41, 5.74) is -0.180. The summed E-state index contributed by atoms with van der Waals surface area (Å²) < 4.78 is 3.78. The molecule has 1 N–H and O–H groups in total. The molecule has 3 aromatic rings.